The number of nitrogens with zero attached hydrogens (tertiary/aromatic N) is 1. The van der Waals surface area contributed by atoms with E-state index in [9.17, 15) is 0 Å². The Labute approximate surface area is 85.9 Å². The lowest BCUT2D eigenvalue weighted by Gasteiger charge is -2.15. The number of hydrogen-bond acceptors (Lipinski definition) is 1. The van der Waals surface area contributed by atoms with E-state index < -0.39 is 0 Å². The zero-order valence-electron chi connectivity index (χ0n) is 9.18. The molecule has 14 heavy (non-hydrogen) atoms. The van der Waals surface area contributed by atoms with Crippen molar-refractivity contribution in [1.29, 1.82) is 0 Å². The number of aromatic amines is 1. The highest BCUT2D eigenvalue weighted by Gasteiger charge is 2.16. The summed E-state index contributed by atoms with van der Waals surface area (Å²) in [4.78, 5) is 7.80. The van der Waals surface area contributed by atoms with Crippen LogP contribution in [0.2, 0.25) is 0 Å². The van der Waals surface area contributed by atoms with Crippen LogP contribution in [0, 0.1) is 6.92 Å². The summed E-state index contributed by atoms with van der Waals surface area (Å²) in [5, 5.41) is 0. The maximum absolute atomic E-state index is 4.38. The minimum absolute atomic E-state index is 0. The molecule has 1 N–H and O–H groups in total. The predicted octanol–water partition coefficient (Wildman–Crippen LogP) is 3.41. The SMILES string of the molecule is Cc1cnc2cc(C(C)(C)C)[nH]c2c1.[HH]. The van der Waals surface area contributed by atoms with Crippen LogP contribution in [0.5, 0.6) is 0 Å². The van der Waals surface area contributed by atoms with Gasteiger partial charge in [-0.15, -0.1) is 0 Å². The fourth-order valence-corrected chi connectivity index (χ4v) is 1.52. The molecule has 0 amide bonds. The lowest BCUT2D eigenvalue weighted by Crippen LogP contribution is -2.10. The van der Waals surface area contributed by atoms with E-state index in [1.807, 2.05) is 6.20 Å². The Morgan fingerprint density at radius 3 is 2.64 bits per heavy atom. The van der Waals surface area contributed by atoms with Gasteiger partial charge in [-0.3, -0.25) is 4.98 Å². The number of fused-ring (bicyclic) bond motifs is 1. The zero-order chi connectivity index (χ0) is 10.3. The Balaban J connectivity index is 0.00000112. The van der Waals surface area contributed by atoms with Crippen LogP contribution >= 0.6 is 0 Å². The number of aryl methyl sites for hydroxylation is 1. The van der Waals surface area contributed by atoms with E-state index >= 15 is 0 Å². The van der Waals surface area contributed by atoms with Crippen LogP contribution in [0.3, 0.4) is 0 Å². The van der Waals surface area contributed by atoms with Gasteiger partial charge in [0.05, 0.1) is 11.0 Å². The smallest absolute Gasteiger partial charge is 0.0882 e. The van der Waals surface area contributed by atoms with Gasteiger partial charge in [0.1, 0.15) is 0 Å². The number of pyridine rings is 1. The van der Waals surface area contributed by atoms with Crippen molar-refractivity contribution in [2.75, 3.05) is 0 Å². The van der Waals surface area contributed by atoms with Crippen molar-refractivity contribution in [2.24, 2.45) is 0 Å². The molecule has 0 aliphatic carbocycles. The molecule has 0 aromatic carbocycles. The van der Waals surface area contributed by atoms with Gasteiger partial charge in [0, 0.05) is 18.7 Å². The summed E-state index contributed by atoms with van der Waals surface area (Å²) in [5.41, 5.74) is 4.79. The van der Waals surface area contributed by atoms with Crippen molar-refractivity contribution in [1.82, 2.24) is 9.97 Å². The van der Waals surface area contributed by atoms with E-state index in [-0.39, 0.29) is 6.84 Å². The van der Waals surface area contributed by atoms with Crippen molar-refractivity contribution >= 4 is 11.0 Å². The second-order valence-electron chi connectivity index (χ2n) is 4.88. The number of H-pyrrole nitrogens is 1. The summed E-state index contributed by atoms with van der Waals surface area (Å²) in [6.45, 7) is 8.66. The molecule has 2 heteroatoms. The highest BCUT2D eigenvalue weighted by molar-refractivity contribution is 5.76. The van der Waals surface area contributed by atoms with Gasteiger partial charge in [0.25, 0.3) is 0 Å². The van der Waals surface area contributed by atoms with Gasteiger partial charge in [-0.25, -0.2) is 0 Å². The Morgan fingerprint density at radius 1 is 1.29 bits per heavy atom. The van der Waals surface area contributed by atoms with Gasteiger partial charge >= 0.3 is 0 Å². The Morgan fingerprint density at radius 2 is 2.00 bits per heavy atom. The largest absolute Gasteiger partial charge is 0.357 e. The van der Waals surface area contributed by atoms with Crippen LogP contribution in [0.15, 0.2) is 18.3 Å². The molecule has 0 saturated heterocycles. The molecule has 0 unspecified atom stereocenters. The number of rotatable bonds is 0. The summed E-state index contributed by atoms with van der Waals surface area (Å²) in [5.74, 6) is 0. The topological polar surface area (TPSA) is 28.7 Å². The quantitative estimate of drug-likeness (QED) is 0.677. The monoisotopic (exact) mass is 190 g/mol. The Kier molecular flexibility index (Phi) is 1.88. The molecule has 2 aromatic heterocycles. The molecule has 2 heterocycles. The van der Waals surface area contributed by atoms with Gasteiger partial charge in [0.2, 0.25) is 0 Å². The summed E-state index contributed by atoms with van der Waals surface area (Å²) in [6.07, 6.45) is 1.91. The molecule has 0 bridgehead atoms. The van der Waals surface area contributed by atoms with Crippen molar-refractivity contribution in [3.8, 4) is 0 Å². The molecule has 0 fully saturated rings. The third-order valence-electron chi connectivity index (χ3n) is 2.41. The molecule has 0 aliphatic heterocycles. The normalized spacial score (nSPS) is 12.3. The highest BCUT2D eigenvalue weighted by atomic mass is 14.8. The lowest BCUT2D eigenvalue weighted by atomic mass is 9.93. The van der Waals surface area contributed by atoms with E-state index in [4.69, 9.17) is 0 Å². The van der Waals surface area contributed by atoms with Crippen molar-refractivity contribution < 1.29 is 1.43 Å². The minimum atomic E-state index is 0. The van der Waals surface area contributed by atoms with Crippen LogP contribution in [-0.2, 0) is 5.41 Å². The van der Waals surface area contributed by atoms with Crippen LogP contribution in [0.1, 0.15) is 33.5 Å². The van der Waals surface area contributed by atoms with Crippen LogP contribution < -0.4 is 0 Å². The zero-order valence-corrected chi connectivity index (χ0v) is 9.18. The third kappa shape index (κ3) is 1.52. The number of hydrogen-bond donors (Lipinski definition) is 1. The summed E-state index contributed by atoms with van der Waals surface area (Å²) >= 11 is 0. The molecule has 0 spiro atoms. The van der Waals surface area contributed by atoms with E-state index in [1.54, 1.807) is 0 Å². The molecule has 76 valence electrons. The van der Waals surface area contributed by atoms with Crippen LogP contribution in [-0.4, -0.2) is 9.97 Å². The first-order valence-electron chi connectivity index (χ1n) is 4.93. The first-order chi connectivity index (χ1) is 6.47. The second kappa shape index (κ2) is 2.84. The average Bonchev–Trinajstić information content (AvgIpc) is 2.45. The fourth-order valence-electron chi connectivity index (χ4n) is 1.52. The fraction of sp³-hybridized carbons (Fsp3) is 0.417. The van der Waals surface area contributed by atoms with Crippen molar-refractivity contribution in [2.45, 2.75) is 33.1 Å². The van der Waals surface area contributed by atoms with Crippen molar-refractivity contribution in [3.63, 3.8) is 0 Å². The Hall–Kier alpha value is -1.31. The maximum atomic E-state index is 4.38. The van der Waals surface area contributed by atoms with Gasteiger partial charge in [0.15, 0.2) is 0 Å². The molecular formula is C12H18N2. The number of aromatic nitrogens is 2. The van der Waals surface area contributed by atoms with Gasteiger partial charge in [-0.1, -0.05) is 20.8 Å². The van der Waals surface area contributed by atoms with Crippen LogP contribution in [0.25, 0.3) is 11.0 Å². The van der Waals surface area contributed by atoms with E-state index in [0.717, 1.165) is 11.0 Å². The molecule has 2 nitrogen and oxygen atoms in total. The number of nitrogens with one attached hydrogen (secondary N) is 1. The van der Waals surface area contributed by atoms with E-state index in [0.29, 0.717) is 0 Å². The standard InChI is InChI=1S/C12H16N2.H2/c1-8-5-10-9(13-7-8)6-11(14-10)12(2,3)4;/h5-7,14H,1-4H3;1H. The molecule has 2 aromatic rings. The molecule has 2 rings (SSSR count). The van der Waals surface area contributed by atoms with Gasteiger partial charge in [-0.2, -0.15) is 0 Å². The maximum Gasteiger partial charge on any atom is 0.0882 e. The lowest BCUT2D eigenvalue weighted by molar-refractivity contribution is 0.574. The molecule has 0 radical (unpaired) electrons. The summed E-state index contributed by atoms with van der Waals surface area (Å²) in [6, 6.07) is 4.27. The van der Waals surface area contributed by atoms with E-state index in [2.05, 4.69) is 49.8 Å². The molecular weight excluding hydrogens is 172 g/mol. The first kappa shape index (κ1) is 9.25. The Bertz CT molecular complexity index is 466. The highest BCUT2D eigenvalue weighted by Crippen LogP contribution is 2.24. The van der Waals surface area contributed by atoms with Crippen LogP contribution in [0.4, 0.5) is 0 Å². The summed E-state index contributed by atoms with van der Waals surface area (Å²) in [7, 11) is 0. The molecule has 0 atom stereocenters. The average molecular weight is 190 g/mol. The molecule has 0 aliphatic rings. The molecule has 0 saturated carbocycles. The predicted molar refractivity (Wildman–Crippen MR) is 61.6 cm³/mol. The van der Waals surface area contributed by atoms with Gasteiger partial charge < -0.3 is 4.98 Å². The van der Waals surface area contributed by atoms with Crippen molar-refractivity contribution in [3.05, 3.63) is 29.6 Å². The minimum Gasteiger partial charge on any atom is -0.357 e. The second-order valence-corrected chi connectivity index (χ2v) is 4.88. The summed E-state index contributed by atoms with van der Waals surface area (Å²) < 4.78 is 0. The van der Waals surface area contributed by atoms with E-state index in [1.165, 1.54) is 11.3 Å². The van der Waals surface area contributed by atoms with Gasteiger partial charge in [-0.05, 0) is 24.6 Å². The first-order valence-corrected chi connectivity index (χ1v) is 4.93. The third-order valence-corrected chi connectivity index (χ3v) is 2.41.